The standard InChI is InChI=1S/C20H21ClFN3O4/c21-14-5-4-13(6-15(14)22)28-8-17-24-25-18(29-17)19-9-20(10-19,11-19)23-16(26)7-27-12-2-1-3-12/h4-6,12H,1-3,7-11H2,(H,23,26). The zero-order valence-corrected chi connectivity index (χ0v) is 16.5. The molecule has 0 radical (unpaired) electrons. The SMILES string of the molecule is O=C(COC1CCC1)NC12CC(c3nnc(COc4ccc(Cl)c(F)c4)o3)(C1)C2. The molecule has 2 aromatic rings. The van der Waals surface area contributed by atoms with Crippen molar-refractivity contribution >= 4 is 17.5 Å². The van der Waals surface area contributed by atoms with Crippen molar-refractivity contribution in [1.29, 1.82) is 0 Å². The summed E-state index contributed by atoms with van der Waals surface area (Å²) in [6, 6.07) is 4.21. The molecular formula is C20H21ClFN3O4. The van der Waals surface area contributed by atoms with Crippen LogP contribution in [0.15, 0.2) is 22.6 Å². The molecule has 1 N–H and O–H groups in total. The maximum atomic E-state index is 13.5. The van der Waals surface area contributed by atoms with Gasteiger partial charge in [-0.05, 0) is 50.7 Å². The van der Waals surface area contributed by atoms with Gasteiger partial charge in [-0.1, -0.05) is 11.6 Å². The first-order chi connectivity index (χ1) is 14.0. The van der Waals surface area contributed by atoms with Crippen LogP contribution in [-0.2, 0) is 21.6 Å². The number of halogens is 2. The Kier molecular flexibility index (Phi) is 4.51. The van der Waals surface area contributed by atoms with E-state index in [0.29, 0.717) is 17.5 Å². The van der Waals surface area contributed by atoms with Crippen molar-refractivity contribution in [3.8, 4) is 5.75 Å². The zero-order valence-electron chi connectivity index (χ0n) is 15.7. The summed E-state index contributed by atoms with van der Waals surface area (Å²) >= 11 is 5.66. The molecule has 4 saturated carbocycles. The average Bonchev–Trinajstić information content (AvgIpc) is 3.05. The summed E-state index contributed by atoms with van der Waals surface area (Å²) in [4.78, 5) is 12.1. The van der Waals surface area contributed by atoms with Gasteiger partial charge in [0, 0.05) is 11.6 Å². The Morgan fingerprint density at radius 2 is 2.10 bits per heavy atom. The van der Waals surface area contributed by atoms with Gasteiger partial charge in [0.1, 0.15) is 18.2 Å². The van der Waals surface area contributed by atoms with E-state index < -0.39 is 5.82 Å². The van der Waals surface area contributed by atoms with Gasteiger partial charge in [-0.25, -0.2) is 4.39 Å². The smallest absolute Gasteiger partial charge is 0.253 e. The molecule has 4 aliphatic carbocycles. The maximum Gasteiger partial charge on any atom is 0.253 e. The molecule has 0 aliphatic heterocycles. The van der Waals surface area contributed by atoms with E-state index in [9.17, 15) is 9.18 Å². The Hall–Kier alpha value is -2.19. The minimum Gasteiger partial charge on any atom is -0.484 e. The third-order valence-corrected chi connectivity index (χ3v) is 6.42. The summed E-state index contributed by atoms with van der Waals surface area (Å²) in [5.41, 5.74) is -0.314. The molecule has 1 aromatic carbocycles. The van der Waals surface area contributed by atoms with Crippen LogP contribution < -0.4 is 10.1 Å². The zero-order chi connectivity index (χ0) is 20.1. The van der Waals surface area contributed by atoms with Crippen molar-refractivity contribution in [3.63, 3.8) is 0 Å². The maximum absolute atomic E-state index is 13.5. The van der Waals surface area contributed by atoms with Gasteiger partial charge < -0.3 is 19.2 Å². The van der Waals surface area contributed by atoms with Crippen LogP contribution in [0.3, 0.4) is 0 Å². The topological polar surface area (TPSA) is 86.5 Å². The van der Waals surface area contributed by atoms with E-state index in [4.69, 9.17) is 25.5 Å². The predicted molar refractivity (Wildman–Crippen MR) is 100 cm³/mol. The fraction of sp³-hybridized carbons (Fsp3) is 0.550. The normalized spacial score (nSPS) is 27.5. The van der Waals surface area contributed by atoms with E-state index >= 15 is 0 Å². The summed E-state index contributed by atoms with van der Waals surface area (Å²) in [7, 11) is 0. The van der Waals surface area contributed by atoms with Crippen molar-refractivity contribution in [3.05, 3.63) is 40.8 Å². The second-order valence-electron chi connectivity index (χ2n) is 8.37. The molecule has 1 amide bonds. The fourth-order valence-electron chi connectivity index (χ4n) is 4.45. The van der Waals surface area contributed by atoms with Crippen LogP contribution in [0.25, 0.3) is 0 Å². The Morgan fingerprint density at radius 3 is 2.79 bits per heavy atom. The average molecular weight is 422 g/mol. The molecule has 1 aromatic heterocycles. The van der Waals surface area contributed by atoms with Crippen LogP contribution in [0.1, 0.15) is 50.3 Å². The summed E-state index contributed by atoms with van der Waals surface area (Å²) in [6.07, 6.45) is 5.92. The van der Waals surface area contributed by atoms with Crippen molar-refractivity contribution in [2.75, 3.05) is 6.61 Å². The number of benzene rings is 1. The van der Waals surface area contributed by atoms with Gasteiger partial charge in [-0.2, -0.15) is 0 Å². The van der Waals surface area contributed by atoms with Crippen molar-refractivity contribution in [2.24, 2.45) is 0 Å². The number of hydrogen-bond donors (Lipinski definition) is 1. The molecule has 2 bridgehead atoms. The van der Waals surface area contributed by atoms with Crippen LogP contribution in [0, 0.1) is 5.82 Å². The number of carbonyl (C=O) groups is 1. The monoisotopic (exact) mass is 421 g/mol. The number of rotatable bonds is 8. The lowest BCUT2D eigenvalue weighted by Gasteiger charge is -2.68. The lowest BCUT2D eigenvalue weighted by atomic mass is 9.39. The first-order valence-corrected chi connectivity index (χ1v) is 10.2. The highest BCUT2D eigenvalue weighted by atomic mass is 35.5. The third-order valence-electron chi connectivity index (χ3n) is 6.11. The number of aromatic nitrogens is 2. The number of nitrogens with zero attached hydrogens (tertiary/aromatic N) is 2. The molecule has 0 spiro atoms. The number of nitrogens with one attached hydrogen (secondary N) is 1. The van der Waals surface area contributed by atoms with Gasteiger partial charge in [0.25, 0.3) is 5.89 Å². The second kappa shape index (κ2) is 6.95. The minimum atomic E-state index is -0.547. The molecule has 6 rings (SSSR count). The molecule has 7 nitrogen and oxygen atoms in total. The van der Waals surface area contributed by atoms with E-state index in [1.54, 1.807) is 6.07 Å². The highest BCUT2D eigenvalue weighted by Crippen LogP contribution is 2.67. The van der Waals surface area contributed by atoms with Gasteiger partial charge in [0.05, 0.1) is 16.5 Å². The second-order valence-corrected chi connectivity index (χ2v) is 8.78. The van der Waals surface area contributed by atoms with E-state index in [-0.39, 0.29) is 41.2 Å². The summed E-state index contributed by atoms with van der Waals surface area (Å²) in [5.74, 6) is 0.630. The lowest BCUT2D eigenvalue weighted by molar-refractivity contribution is -0.148. The molecule has 154 valence electrons. The fourth-order valence-corrected chi connectivity index (χ4v) is 4.57. The summed E-state index contributed by atoms with van der Waals surface area (Å²) in [5, 5.41) is 11.3. The lowest BCUT2D eigenvalue weighted by Crippen LogP contribution is -2.77. The largest absolute Gasteiger partial charge is 0.484 e. The van der Waals surface area contributed by atoms with Gasteiger partial charge in [0.15, 0.2) is 6.61 Å². The van der Waals surface area contributed by atoms with E-state index in [1.165, 1.54) is 18.6 Å². The number of ether oxygens (including phenoxy) is 2. The van der Waals surface area contributed by atoms with Crippen LogP contribution in [0.2, 0.25) is 5.02 Å². The summed E-state index contributed by atoms with van der Waals surface area (Å²) in [6.45, 7) is 0.178. The van der Waals surface area contributed by atoms with Crippen molar-refractivity contribution in [2.45, 2.75) is 62.2 Å². The van der Waals surface area contributed by atoms with Crippen molar-refractivity contribution in [1.82, 2.24) is 15.5 Å². The first-order valence-electron chi connectivity index (χ1n) is 9.79. The molecule has 4 aliphatic rings. The minimum absolute atomic E-state index is 0.0386. The molecule has 0 atom stereocenters. The Bertz CT molecular complexity index is 926. The Labute approximate surface area is 171 Å². The molecule has 1 heterocycles. The third kappa shape index (κ3) is 3.48. The number of hydrogen-bond acceptors (Lipinski definition) is 6. The van der Waals surface area contributed by atoms with E-state index in [1.807, 2.05) is 0 Å². The first kappa shape index (κ1) is 18.8. The van der Waals surface area contributed by atoms with E-state index in [2.05, 4.69) is 15.5 Å². The quantitative estimate of drug-likeness (QED) is 0.703. The van der Waals surface area contributed by atoms with Gasteiger partial charge in [-0.3, -0.25) is 4.79 Å². The number of amides is 1. The molecule has 0 unspecified atom stereocenters. The Balaban J connectivity index is 1.11. The van der Waals surface area contributed by atoms with Crippen LogP contribution in [-0.4, -0.2) is 34.4 Å². The van der Waals surface area contributed by atoms with Crippen LogP contribution >= 0.6 is 11.6 Å². The van der Waals surface area contributed by atoms with E-state index in [0.717, 1.165) is 32.1 Å². The molecule has 0 saturated heterocycles. The molecular weight excluding hydrogens is 401 g/mol. The summed E-state index contributed by atoms with van der Waals surface area (Å²) < 4.78 is 30.3. The highest BCUT2D eigenvalue weighted by molar-refractivity contribution is 6.30. The predicted octanol–water partition coefficient (Wildman–Crippen LogP) is 3.30. The molecule has 9 heteroatoms. The van der Waals surface area contributed by atoms with Gasteiger partial charge >= 0.3 is 0 Å². The van der Waals surface area contributed by atoms with Crippen LogP contribution in [0.5, 0.6) is 5.75 Å². The van der Waals surface area contributed by atoms with Crippen LogP contribution in [0.4, 0.5) is 4.39 Å². The molecule has 29 heavy (non-hydrogen) atoms. The van der Waals surface area contributed by atoms with Gasteiger partial charge in [-0.15, -0.1) is 10.2 Å². The highest BCUT2D eigenvalue weighted by Gasteiger charge is 2.71. The number of carbonyl (C=O) groups excluding carboxylic acids is 1. The molecule has 4 fully saturated rings. The Morgan fingerprint density at radius 1 is 1.31 bits per heavy atom. The van der Waals surface area contributed by atoms with Crippen molar-refractivity contribution < 1.29 is 23.1 Å². The van der Waals surface area contributed by atoms with Gasteiger partial charge in [0.2, 0.25) is 11.8 Å².